The topological polar surface area (TPSA) is 50.4 Å². The summed E-state index contributed by atoms with van der Waals surface area (Å²) in [6, 6.07) is 12.9. The smallest absolute Gasteiger partial charge is 0.387 e. The SMILES string of the molecule is CNc1ccccc1C(=O)Nc1ccccc1OC(F)F. The summed E-state index contributed by atoms with van der Waals surface area (Å²) in [4.78, 5) is 12.2. The predicted octanol–water partition coefficient (Wildman–Crippen LogP) is 3.58. The Morgan fingerprint density at radius 3 is 2.33 bits per heavy atom. The molecular weight excluding hydrogens is 278 g/mol. The van der Waals surface area contributed by atoms with Crippen molar-refractivity contribution in [1.82, 2.24) is 0 Å². The number of hydrogen-bond acceptors (Lipinski definition) is 3. The monoisotopic (exact) mass is 292 g/mol. The summed E-state index contributed by atoms with van der Waals surface area (Å²) in [6.07, 6.45) is 0. The van der Waals surface area contributed by atoms with Gasteiger partial charge in [0.1, 0.15) is 5.75 Å². The van der Waals surface area contributed by atoms with E-state index in [9.17, 15) is 13.6 Å². The van der Waals surface area contributed by atoms with Crippen LogP contribution in [-0.4, -0.2) is 19.6 Å². The molecule has 0 bridgehead atoms. The average molecular weight is 292 g/mol. The second kappa shape index (κ2) is 6.69. The van der Waals surface area contributed by atoms with Gasteiger partial charge in [-0.3, -0.25) is 4.79 Å². The highest BCUT2D eigenvalue weighted by atomic mass is 19.3. The van der Waals surface area contributed by atoms with E-state index in [0.717, 1.165) is 0 Å². The number of alkyl halides is 2. The van der Waals surface area contributed by atoms with E-state index in [1.165, 1.54) is 12.1 Å². The van der Waals surface area contributed by atoms with E-state index in [2.05, 4.69) is 15.4 Å². The number of ether oxygens (including phenoxy) is 1. The number of carbonyl (C=O) groups is 1. The highest BCUT2D eigenvalue weighted by Crippen LogP contribution is 2.26. The first-order valence-electron chi connectivity index (χ1n) is 6.24. The fraction of sp³-hybridized carbons (Fsp3) is 0.133. The van der Waals surface area contributed by atoms with Crippen LogP contribution < -0.4 is 15.4 Å². The first-order valence-corrected chi connectivity index (χ1v) is 6.24. The van der Waals surface area contributed by atoms with Crippen LogP contribution in [0.5, 0.6) is 5.75 Å². The lowest BCUT2D eigenvalue weighted by molar-refractivity contribution is -0.0493. The number of anilines is 2. The van der Waals surface area contributed by atoms with Gasteiger partial charge in [0.15, 0.2) is 0 Å². The van der Waals surface area contributed by atoms with E-state index in [0.29, 0.717) is 11.3 Å². The standard InChI is InChI=1S/C15H14F2N2O2/c1-18-11-7-3-2-6-10(11)14(20)19-12-8-4-5-9-13(12)21-15(16)17/h2-9,15,18H,1H3,(H,19,20). The van der Waals surface area contributed by atoms with Crippen molar-refractivity contribution in [2.24, 2.45) is 0 Å². The summed E-state index contributed by atoms with van der Waals surface area (Å²) in [5.41, 5.74) is 1.24. The van der Waals surface area contributed by atoms with E-state index in [-0.39, 0.29) is 11.4 Å². The van der Waals surface area contributed by atoms with Gasteiger partial charge in [0, 0.05) is 12.7 Å². The molecule has 0 heterocycles. The Labute approximate surface area is 120 Å². The fourth-order valence-electron chi connectivity index (χ4n) is 1.86. The molecule has 2 aromatic rings. The Hall–Kier alpha value is -2.63. The minimum atomic E-state index is -2.95. The number of para-hydroxylation sites is 3. The number of carbonyl (C=O) groups excluding carboxylic acids is 1. The van der Waals surface area contributed by atoms with Gasteiger partial charge < -0.3 is 15.4 Å². The second-order valence-corrected chi connectivity index (χ2v) is 4.12. The van der Waals surface area contributed by atoms with Crippen LogP contribution in [0.2, 0.25) is 0 Å². The number of hydrogen-bond donors (Lipinski definition) is 2. The fourth-order valence-corrected chi connectivity index (χ4v) is 1.86. The summed E-state index contributed by atoms with van der Waals surface area (Å²) in [7, 11) is 1.69. The molecule has 0 saturated heterocycles. The normalized spacial score (nSPS) is 10.3. The van der Waals surface area contributed by atoms with E-state index in [1.807, 2.05) is 0 Å². The van der Waals surface area contributed by atoms with Crippen LogP contribution in [0.25, 0.3) is 0 Å². The molecule has 2 rings (SSSR count). The molecule has 0 spiro atoms. The van der Waals surface area contributed by atoms with Crippen molar-refractivity contribution in [1.29, 1.82) is 0 Å². The number of nitrogens with one attached hydrogen (secondary N) is 2. The average Bonchev–Trinajstić information content (AvgIpc) is 2.48. The number of halogens is 2. The molecule has 0 saturated carbocycles. The number of benzene rings is 2. The first-order chi connectivity index (χ1) is 10.1. The van der Waals surface area contributed by atoms with Gasteiger partial charge in [0.25, 0.3) is 5.91 Å². The van der Waals surface area contributed by atoms with Gasteiger partial charge >= 0.3 is 6.61 Å². The summed E-state index contributed by atoms with van der Waals surface area (Å²) in [5, 5.41) is 5.47. The second-order valence-electron chi connectivity index (χ2n) is 4.12. The van der Waals surface area contributed by atoms with Crippen molar-refractivity contribution < 1.29 is 18.3 Å². The highest BCUT2D eigenvalue weighted by Gasteiger charge is 2.14. The van der Waals surface area contributed by atoms with Crippen molar-refractivity contribution in [2.75, 3.05) is 17.7 Å². The molecule has 110 valence electrons. The Morgan fingerprint density at radius 2 is 1.67 bits per heavy atom. The maximum Gasteiger partial charge on any atom is 0.387 e. The molecule has 0 aliphatic carbocycles. The zero-order valence-corrected chi connectivity index (χ0v) is 11.3. The van der Waals surface area contributed by atoms with Crippen LogP contribution >= 0.6 is 0 Å². The molecule has 0 aromatic heterocycles. The molecule has 6 heteroatoms. The highest BCUT2D eigenvalue weighted by molar-refractivity contribution is 6.08. The minimum absolute atomic E-state index is 0.0808. The predicted molar refractivity (Wildman–Crippen MR) is 77.0 cm³/mol. The zero-order valence-electron chi connectivity index (χ0n) is 11.3. The third kappa shape index (κ3) is 3.68. The molecule has 0 fully saturated rings. The van der Waals surface area contributed by atoms with E-state index in [1.54, 1.807) is 43.4 Å². The minimum Gasteiger partial charge on any atom is -0.433 e. The zero-order chi connectivity index (χ0) is 15.2. The molecule has 0 aliphatic heterocycles. The molecule has 0 unspecified atom stereocenters. The largest absolute Gasteiger partial charge is 0.433 e. The maximum atomic E-state index is 12.3. The van der Waals surface area contributed by atoms with Crippen molar-refractivity contribution >= 4 is 17.3 Å². The van der Waals surface area contributed by atoms with Gasteiger partial charge in [-0.05, 0) is 24.3 Å². The van der Waals surface area contributed by atoms with Crippen LogP contribution in [0.1, 0.15) is 10.4 Å². The van der Waals surface area contributed by atoms with Crippen molar-refractivity contribution in [2.45, 2.75) is 6.61 Å². The molecule has 1 amide bonds. The van der Waals surface area contributed by atoms with Crippen LogP contribution in [0.15, 0.2) is 48.5 Å². The molecular formula is C15H14F2N2O2. The Balaban J connectivity index is 2.24. The van der Waals surface area contributed by atoms with Crippen LogP contribution in [0.3, 0.4) is 0 Å². The van der Waals surface area contributed by atoms with Gasteiger partial charge in [0.2, 0.25) is 0 Å². The Morgan fingerprint density at radius 1 is 1.05 bits per heavy atom. The molecule has 0 atom stereocenters. The maximum absolute atomic E-state index is 12.3. The summed E-state index contributed by atoms with van der Waals surface area (Å²) in [5.74, 6) is -0.493. The molecule has 0 aliphatic rings. The molecule has 4 nitrogen and oxygen atoms in total. The summed E-state index contributed by atoms with van der Waals surface area (Å²) in [6.45, 7) is -2.95. The summed E-state index contributed by atoms with van der Waals surface area (Å²) < 4.78 is 29.0. The third-order valence-corrected chi connectivity index (χ3v) is 2.79. The van der Waals surface area contributed by atoms with Crippen molar-refractivity contribution in [3.8, 4) is 5.75 Å². The van der Waals surface area contributed by atoms with Gasteiger partial charge in [-0.1, -0.05) is 24.3 Å². The quantitative estimate of drug-likeness (QED) is 0.885. The molecule has 2 N–H and O–H groups in total. The lowest BCUT2D eigenvalue weighted by Gasteiger charge is -2.13. The lowest BCUT2D eigenvalue weighted by Crippen LogP contribution is -2.15. The van der Waals surface area contributed by atoms with Crippen LogP contribution in [-0.2, 0) is 0 Å². The van der Waals surface area contributed by atoms with Gasteiger partial charge in [-0.2, -0.15) is 8.78 Å². The van der Waals surface area contributed by atoms with Crippen molar-refractivity contribution in [3.63, 3.8) is 0 Å². The molecule has 0 radical (unpaired) electrons. The van der Waals surface area contributed by atoms with Crippen LogP contribution in [0.4, 0.5) is 20.2 Å². The summed E-state index contributed by atoms with van der Waals surface area (Å²) >= 11 is 0. The lowest BCUT2D eigenvalue weighted by atomic mass is 10.1. The Kier molecular flexibility index (Phi) is 4.71. The molecule has 21 heavy (non-hydrogen) atoms. The molecule has 2 aromatic carbocycles. The number of rotatable bonds is 5. The van der Waals surface area contributed by atoms with Gasteiger partial charge in [0.05, 0.1) is 11.3 Å². The van der Waals surface area contributed by atoms with E-state index >= 15 is 0 Å². The Bertz CT molecular complexity index is 633. The van der Waals surface area contributed by atoms with E-state index in [4.69, 9.17) is 0 Å². The number of amides is 1. The third-order valence-electron chi connectivity index (χ3n) is 2.79. The van der Waals surface area contributed by atoms with E-state index < -0.39 is 12.5 Å². The van der Waals surface area contributed by atoms with Gasteiger partial charge in [-0.25, -0.2) is 0 Å². The van der Waals surface area contributed by atoms with Crippen LogP contribution in [0, 0.1) is 0 Å². The van der Waals surface area contributed by atoms with Gasteiger partial charge in [-0.15, -0.1) is 0 Å². The van der Waals surface area contributed by atoms with Crippen molar-refractivity contribution in [3.05, 3.63) is 54.1 Å². The first kappa shape index (κ1) is 14.8.